The minimum absolute atomic E-state index is 0.0858. The van der Waals surface area contributed by atoms with Crippen LogP contribution < -0.4 is 10.2 Å². The molecule has 6 heteroatoms. The monoisotopic (exact) mass is 327 g/mol. The molecule has 0 saturated carbocycles. The van der Waals surface area contributed by atoms with Gasteiger partial charge in [-0.05, 0) is 37.8 Å². The Kier molecular flexibility index (Phi) is 5.13. The van der Waals surface area contributed by atoms with Crippen molar-refractivity contribution in [3.63, 3.8) is 0 Å². The van der Waals surface area contributed by atoms with E-state index in [1.54, 1.807) is 10.9 Å². The van der Waals surface area contributed by atoms with Crippen LogP contribution in [0.4, 0.5) is 5.69 Å². The number of nitrogens with one attached hydrogen (secondary N) is 1. The molecule has 0 radical (unpaired) electrons. The van der Waals surface area contributed by atoms with Crippen molar-refractivity contribution in [1.29, 1.82) is 0 Å². The van der Waals surface area contributed by atoms with Crippen molar-refractivity contribution in [3.8, 4) is 0 Å². The van der Waals surface area contributed by atoms with Gasteiger partial charge in [-0.2, -0.15) is 5.10 Å². The quantitative estimate of drug-likeness (QED) is 0.908. The summed E-state index contributed by atoms with van der Waals surface area (Å²) in [6.45, 7) is 4.82. The highest BCUT2D eigenvalue weighted by Gasteiger charge is 2.20. The first-order chi connectivity index (χ1) is 11.6. The highest BCUT2D eigenvalue weighted by Crippen LogP contribution is 2.22. The van der Waals surface area contributed by atoms with Crippen LogP contribution in [-0.4, -0.2) is 40.3 Å². The first-order valence-corrected chi connectivity index (χ1v) is 8.52. The van der Waals surface area contributed by atoms with Gasteiger partial charge in [-0.25, -0.2) is 0 Å². The van der Waals surface area contributed by atoms with E-state index in [1.165, 1.54) is 5.69 Å². The third-order valence-electron chi connectivity index (χ3n) is 4.92. The second-order valence-electron chi connectivity index (χ2n) is 6.50. The fourth-order valence-corrected chi connectivity index (χ4v) is 3.16. The SMILES string of the molecule is Cc1c(CC(=O)NCC2CCN(c3ccncc3)CC2)cnn1C. The highest BCUT2D eigenvalue weighted by molar-refractivity contribution is 5.78. The van der Waals surface area contributed by atoms with Gasteiger partial charge in [0.1, 0.15) is 0 Å². The largest absolute Gasteiger partial charge is 0.371 e. The van der Waals surface area contributed by atoms with E-state index < -0.39 is 0 Å². The third-order valence-corrected chi connectivity index (χ3v) is 4.92. The predicted molar refractivity (Wildman–Crippen MR) is 93.8 cm³/mol. The average molecular weight is 327 g/mol. The fourth-order valence-electron chi connectivity index (χ4n) is 3.16. The van der Waals surface area contributed by atoms with E-state index in [2.05, 4.69) is 32.4 Å². The summed E-state index contributed by atoms with van der Waals surface area (Å²) in [5, 5.41) is 7.27. The van der Waals surface area contributed by atoms with Gasteiger partial charge in [0.05, 0.1) is 12.6 Å². The summed E-state index contributed by atoms with van der Waals surface area (Å²) < 4.78 is 1.80. The molecule has 1 aliphatic heterocycles. The number of hydrogen-bond donors (Lipinski definition) is 1. The smallest absolute Gasteiger partial charge is 0.224 e. The number of anilines is 1. The molecule has 6 nitrogen and oxygen atoms in total. The zero-order chi connectivity index (χ0) is 16.9. The molecule has 2 aromatic rings. The van der Waals surface area contributed by atoms with E-state index in [9.17, 15) is 4.79 Å². The number of pyridine rings is 1. The van der Waals surface area contributed by atoms with Crippen LogP contribution in [0.1, 0.15) is 24.1 Å². The van der Waals surface area contributed by atoms with Crippen LogP contribution in [0.3, 0.4) is 0 Å². The molecule has 0 spiro atoms. The lowest BCUT2D eigenvalue weighted by atomic mass is 9.96. The van der Waals surface area contributed by atoms with Crippen molar-refractivity contribution >= 4 is 11.6 Å². The van der Waals surface area contributed by atoms with Crippen LogP contribution >= 0.6 is 0 Å². The molecule has 0 aromatic carbocycles. The molecule has 3 heterocycles. The number of aromatic nitrogens is 3. The van der Waals surface area contributed by atoms with Crippen LogP contribution in [0.15, 0.2) is 30.7 Å². The van der Waals surface area contributed by atoms with E-state index in [0.29, 0.717) is 12.3 Å². The first-order valence-electron chi connectivity index (χ1n) is 8.52. The standard InChI is InChI=1S/C18H25N5O/c1-14-16(13-21-22(14)2)11-18(24)20-12-15-5-9-23(10-6-15)17-3-7-19-8-4-17/h3-4,7-8,13,15H,5-6,9-12H2,1-2H3,(H,20,24). The molecule has 1 aliphatic rings. The topological polar surface area (TPSA) is 63.1 Å². The Bertz CT molecular complexity index is 674. The average Bonchev–Trinajstić information content (AvgIpc) is 2.93. The molecular formula is C18H25N5O. The van der Waals surface area contributed by atoms with Gasteiger partial charge in [0, 0.05) is 56.0 Å². The number of nitrogens with zero attached hydrogens (tertiary/aromatic N) is 4. The van der Waals surface area contributed by atoms with Crippen molar-refractivity contribution in [2.45, 2.75) is 26.2 Å². The summed E-state index contributed by atoms with van der Waals surface area (Å²) in [4.78, 5) is 18.6. The maximum Gasteiger partial charge on any atom is 0.224 e. The number of amides is 1. The number of carbonyl (C=O) groups excluding carboxylic acids is 1. The number of carbonyl (C=O) groups is 1. The van der Waals surface area contributed by atoms with Crippen molar-refractivity contribution in [2.75, 3.05) is 24.5 Å². The minimum atomic E-state index is 0.0858. The molecular weight excluding hydrogens is 302 g/mol. The second kappa shape index (κ2) is 7.47. The minimum Gasteiger partial charge on any atom is -0.371 e. The summed E-state index contributed by atoms with van der Waals surface area (Å²) in [6.07, 6.45) is 8.07. The summed E-state index contributed by atoms with van der Waals surface area (Å²) in [6, 6.07) is 4.11. The molecule has 0 aliphatic carbocycles. The normalized spacial score (nSPS) is 15.5. The molecule has 1 amide bonds. The van der Waals surface area contributed by atoms with Gasteiger partial charge in [-0.3, -0.25) is 14.5 Å². The lowest BCUT2D eigenvalue weighted by molar-refractivity contribution is -0.120. The Morgan fingerprint density at radius 3 is 2.62 bits per heavy atom. The number of hydrogen-bond acceptors (Lipinski definition) is 4. The maximum atomic E-state index is 12.1. The molecule has 2 aromatic heterocycles. The van der Waals surface area contributed by atoms with Crippen LogP contribution in [0, 0.1) is 12.8 Å². The van der Waals surface area contributed by atoms with Gasteiger partial charge in [0.2, 0.25) is 5.91 Å². The van der Waals surface area contributed by atoms with Gasteiger partial charge >= 0.3 is 0 Å². The van der Waals surface area contributed by atoms with Gasteiger partial charge in [0.15, 0.2) is 0 Å². The highest BCUT2D eigenvalue weighted by atomic mass is 16.1. The predicted octanol–water partition coefficient (Wildman–Crippen LogP) is 1.70. The lowest BCUT2D eigenvalue weighted by Crippen LogP contribution is -2.39. The van der Waals surface area contributed by atoms with Gasteiger partial charge in [0.25, 0.3) is 0 Å². The van der Waals surface area contributed by atoms with Crippen molar-refractivity contribution in [1.82, 2.24) is 20.1 Å². The molecule has 24 heavy (non-hydrogen) atoms. The number of rotatable bonds is 5. The second-order valence-corrected chi connectivity index (χ2v) is 6.50. The van der Waals surface area contributed by atoms with Gasteiger partial charge in [-0.15, -0.1) is 0 Å². The number of aryl methyl sites for hydroxylation is 1. The molecule has 128 valence electrons. The third kappa shape index (κ3) is 3.93. The van der Waals surface area contributed by atoms with Crippen molar-refractivity contribution in [2.24, 2.45) is 13.0 Å². The van der Waals surface area contributed by atoms with Crippen LogP contribution in [0.25, 0.3) is 0 Å². The molecule has 1 saturated heterocycles. The Labute approximate surface area is 142 Å². The number of piperidine rings is 1. The van der Waals surface area contributed by atoms with Gasteiger partial charge in [-0.1, -0.05) is 0 Å². The Morgan fingerprint density at radius 2 is 2.00 bits per heavy atom. The van der Waals surface area contributed by atoms with Crippen LogP contribution in [0.2, 0.25) is 0 Å². The maximum absolute atomic E-state index is 12.1. The van der Waals surface area contributed by atoms with Crippen molar-refractivity contribution in [3.05, 3.63) is 42.0 Å². The van der Waals surface area contributed by atoms with Gasteiger partial charge < -0.3 is 10.2 Å². The van der Waals surface area contributed by atoms with E-state index >= 15 is 0 Å². The van der Waals surface area contributed by atoms with E-state index in [1.807, 2.05) is 26.4 Å². The zero-order valence-corrected chi connectivity index (χ0v) is 14.4. The molecule has 0 bridgehead atoms. The summed E-state index contributed by atoms with van der Waals surface area (Å²) in [5.41, 5.74) is 3.29. The lowest BCUT2D eigenvalue weighted by Gasteiger charge is -2.33. The molecule has 1 fully saturated rings. The summed E-state index contributed by atoms with van der Waals surface area (Å²) in [5.74, 6) is 0.643. The van der Waals surface area contributed by atoms with Crippen LogP contribution in [0.5, 0.6) is 0 Å². The first kappa shape index (κ1) is 16.5. The van der Waals surface area contributed by atoms with Crippen LogP contribution in [-0.2, 0) is 18.3 Å². The molecule has 1 N–H and O–H groups in total. The van der Waals surface area contributed by atoms with E-state index in [-0.39, 0.29) is 5.91 Å². The van der Waals surface area contributed by atoms with E-state index in [4.69, 9.17) is 0 Å². The Morgan fingerprint density at radius 1 is 1.29 bits per heavy atom. The summed E-state index contributed by atoms with van der Waals surface area (Å²) >= 11 is 0. The molecule has 0 unspecified atom stereocenters. The summed E-state index contributed by atoms with van der Waals surface area (Å²) in [7, 11) is 1.90. The molecule has 0 atom stereocenters. The Hall–Kier alpha value is -2.37. The van der Waals surface area contributed by atoms with Crippen molar-refractivity contribution < 1.29 is 4.79 Å². The fraction of sp³-hybridized carbons (Fsp3) is 0.500. The van der Waals surface area contributed by atoms with E-state index in [0.717, 1.165) is 43.7 Å². The Balaban J connectivity index is 1.42. The zero-order valence-electron chi connectivity index (χ0n) is 14.4. The molecule has 3 rings (SSSR count).